The summed E-state index contributed by atoms with van der Waals surface area (Å²) in [7, 11) is 0. The van der Waals surface area contributed by atoms with Crippen molar-refractivity contribution in [1.82, 2.24) is 15.5 Å². The molecule has 0 unspecified atom stereocenters. The van der Waals surface area contributed by atoms with Gasteiger partial charge >= 0.3 is 6.03 Å². The van der Waals surface area contributed by atoms with Crippen LogP contribution < -0.4 is 10.6 Å². The highest BCUT2D eigenvalue weighted by atomic mass is 16.2. The second-order valence-electron chi connectivity index (χ2n) is 5.98. The zero-order valence-electron chi connectivity index (χ0n) is 12.3. The predicted octanol–water partition coefficient (Wildman–Crippen LogP) is 1.29. The second-order valence-corrected chi connectivity index (χ2v) is 5.98. The van der Waals surface area contributed by atoms with Crippen molar-refractivity contribution in [2.45, 2.75) is 37.8 Å². The van der Waals surface area contributed by atoms with Gasteiger partial charge < -0.3 is 10.6 Å². The van der Waals surface area contributed by atoms with Crippen LogP contribution in [0.5, 0.6) is 0 Å². The van der Waals surface area contributed by atoms with Crippen LogP contribution in [0.15, 0.2) is 30.3 Å². The first-order valence-electron chi connectivity index (χ1n) is 7.53. The molecule has 0 aromatic heterocycles. The molecule has 2 heterocycles. The molecule has 1 spiro atoms. The third-order valence-electron chi connectivity index (χ3n) is 4.47. The van der Waals surface area contributed by atoms with Gasteiger partial charge in [-0.25, -0.2) is 4.79 Å². The van der Waals surface area contributed by atoms with Crippen LogP contribution >= 0.6 is 0 Å². The van der Waals surface area contributed by atoms with Crippen LogP contribution in [0.3, 0.4) is 0 Å². The highest BCUT2D eigenvalue weighted by Crippen LogP contribution is 2.28. The van der Waals surface area contributed by atoms with Crippen LogP contribution in [0.4, 0.5) is 4.79 Å². The van der Waals surface area contributed by atoms with E-state index in [1.807, 2.05) is 37.3 Å². The molecular formula is C16H21N3O2. The van der Waals surface area contributed by atoms with Gasteiger partial charge in [-0.2, -0.15) is 0 Å². The van der Waals surface area contributed by atoms with Crippen molar-refractivity contribution in [2.75, 3.05) is 13.1 Å². The van der Waals surface area contributed by atoms with Crippen LogP contribution in [0.25, 0.3) is 0 Å². The summed E-state index contributed by atoms with van der Waals surface area (Å²) in [6.07, 6.45) is 2.03. The van der Waals surface area contributed by atoms with E-state index in [4.69, 9.17) is 0 Å². The summed E-state index contributed by atoms with van der Waals surface area (Å²) >= 11 is 0. The summed E-state index contributed by atoms with van der Waals surface area (Å²) in [6, 6.07) is 9.58. The lowest BCUT2D eigenvalue weighted by Gasteiger charge is -2.31. The maximum absolute atomic E-state index is 12.7. The summed E-state index contributed by atoms with van der Waals surface area (Å²) in [5.41, 5.74) is 0.463. The lowest BCUT2D eigenvalue weighted by Crippen LogP contribution is -2.54. The number of carbonyl (C=O) groups excluding carboxylic acids is 2. The Balaban J connectivity index is 1.75. The number of amides is 3. The Morgan fingerprint density at radius 3 is 2.52 bits per heavy atom. The maximum Gasteiger partial charge on any atom is 0.325 e. The van der Waals surface area contributed by atoms with Gasteiger partial charge in [0.1, 0.15) is 5.54 Å². The second kappa shape index (κ2) is 5.48. The molecule has 0 saturated carbocycles. The van der Waals surface area contributed by atoms with Gasteiger partial charge in [0.25, 0.3) is 5.91 Å². The Morgan fingerprint density at radius 1 is 1.19 bits per heavy atom. The number of hydrogen-bond donors (Lipinski definition) is 2. The molecule has 1 aromatic rings. The highest BCUT2D eigenvalue weighted by Gasteiger charge is 2.52. The molecule has 2 fully saturated rings. The molecule has 1 atom stereocenters. The van der Waals surface area contributed by atoms with Crippen LogP contribution in [0.2, 0.25) is 0 Å². The minimum Gasteiger partial charge on any atom is -0.323 e. The van der Waals surface area contributed by atoms with Crippen LogP contribution in [0.1, 0.15) is 25.3 Å². The summed E-state index contributed by atoms with van der Waals surface area (Å²) in [5, 5.41) is 6.17. The Bertz CT molecular complexity index is 538. The number of nitrogens with zero attached hydrogens (tertiary/aromatic N) is 1. The molecule has 112 valence electrons. The molecule has 0 bridgehead atoms. The molecule has 5 nitrogen and oxygen atoms in total. The van der Waals surface area contributed by atoms with Crippen LogP contribution in [0, 0.1) is 0 Å². The summed E-state index contributed by atoms with van der Waals surface area (Å²) in [5.74, 6) is -0.0579. The van der Waals surface area contributed by atoms with Crippen molar-refractivity contribution in [2.24, 2.45) is 0 Å². The minimum absolute atomic E-state index is 0.0579. The molecule has 2 aliphatic heterocycles. The molecule has 2 N–H and O–H groups in total. The zero-order valence-corrected chi connectivity index (χ0v) is 12.3. The van der Waals surface area contributed by atoms with E-state index < -0.39 is 5.54 Å². The standard InChI is InChI=1S/C16H21N3O2/c1-12(11-13-5-3-2-4-6-13)19-14(20)16(18-15(19)21)7-9-17-10-8-16/h2-6,12,17H,7-11H2,1H3,(H,18,21)/t12-/m0/s1. The average molecular weight is 287 g/mol. The third-order valence-corrected chi connectivity index (χ3v) is 4.47. The molecule has 21 heavy (non-hydrogen) atoms. The molecule has 1 aromatic carbocycles. The fourth-order valence-corrected chi connectivity index (χ4v) is 3.28. The molecule has 2 aliphatic rings. The van der Waals surface area contributed by atoms with E-state index in [1.54, 1.807) is 0 Å². The quantitative estimate of drug-likeness (QED) is 0.824. The molecule has 0 radical (unpaired) electrons. The van der Waals surface area contributed by atoms with Crippen LogP contribution in [-0.2, 0) is 11.2 Å². The lowest BCUT2D eigenvalue weighted by molar-refractivity contribution is -0.133. The van der Waals surface area contributed by atoms with Crippen molar-refractivity contribution in [3.63, 3.8) is 0 Å². The van der Waals surface area contributed by atoms with E-state index in [9.17, 15) is 9.59 Å². The Hall–Kier alpha value is -1.88. The number of benzene rings is 1. The molecule has 3 rings (SSSR count). The topological polar surface area (TPSA) is 61.4 Å². The molecule has 2 saturated heterocycles. The first kappa shape index (κ1) is 14.1. The van der Waals surface area contributed by atoms with E-state index in [-0.39, 0.29) is 18.0 Å². The number of carbonyl (C=O) groups is 2. The normalized spacial score (nSPS) is 22.4. The van der Waals surface area contributed by atoms with Gasteiger partial charge in [-0.05, 0) is 44.8 Å². The van der Waals surface area contributed by atoms with E-state index in [2.05, 4.69) is 10.6 Å². The average Bonchev–Trinajstić information content (AvgIpc) is 2.71. The van der Waals surface area contributed by atoms with Gasteiger partial charge in [0.2, 0.25) is 0 Å². The number of nitrogens with one attached hydrogen (secondary N) is 2. The predicted molar refractivity (Wildman–Crippen MR) is 79.8 cm³/mol. The van der Waals surface area contributed by atoms with Crippen molar-refractivity contribution >= 4 is 11.9 Å². The first-order valence-corrected chi connectivity index (χ1v) is 7.53. The van der Waals surface area contributed by atoms with Crippen molar-refractivity contribution in [3.8, 4) is 0 Å². The van der Waals surface area contributed by atoms with Gasteiger partial charge in [0, 0.05) is 6.04 Å². The Labute approximate surface area is 124 Å². The van der Waals surface area contributed by atoms with E-state index >= 15 is 0 Å². The van der Waals surface area contributed by atoms with Crippen molar-refractivity contribution in [3.05, 3.63) is 35.9 Å². The monoisotopic (exact) mass is 287 g/mol. The maximum atomic E-state index is 12.7. The largest absolute Gasteiger partial charge is 0.325 e. The van der Waals surface area contributed by atoms with Crippen molar-refractivity contribution < 1.29 is 9.59 Å². The number of rotatable bonds is 3. The molecule has 3 amide bonds. The van der Waals surface area contributed by atoms with Gasteiger partial charge in [-0.3, -0.25) is 9.69 Å². The Kier molecular flexibility index (Phi) is 3.68. The highest BCUT2D eigenvalue weighted by molar-refractivity contribution is 6.07. The van der Waals surface area contributed by atoms with Gasteiger partial charge in [0.15, 0.2) is 0 Å². The van der Waals surface area contributed by atoms with Gasteiger partial charge in [0.05, 0.1) is 0 Å². The van der Waals surface area contributed by atoms with Gasteiger partial charge in [-0.15, -0.1) is 0 Å². The van der Waals surface area contributed by atoms with Gasteiger partial charge in [-0.1, -0.05) is 30.3 Å². The third kappa shape index (κ3) is 2.53. The van der Waals surface area contributed by atoms with E-state index in [0.717, 1.165) is 18.7 Å². The Morgan fingerprint density at radius 2 is 1.86 bits per heavy atom. The number of piperidine rings is 1. The van der Waals surface area contributed by atoms with E-state index in [0.29, 0.717) is 19.3 Å². The first-order chi connectivity index (χ1) is 10.1. The van der Waals surface area contributed by atoms with E-state index in [1.165, 1.54) is 4.90 Å². The lowest BCUT2D eigenvalue weighted by atomic mass is 9.88. The zero-order chi connectivity index (χ0) is 14.9. The minimum atomic E-state index is -0.673. The fraction of sp³-hybridized carbons (Fsp3) is 0.500. The fourth-order valence-electron chi connectivity index (χ4n) is 3.28. The number of imide groups is 1. The summed E-state index contributed by atoms with van der Waals surface area (Å²) < 4.78 is 0. The SMILES string of the molecule is C[C@@H](Cc1ccccc1)N1C(=O)NC2(CCNCC2)C1=O. The molecule has 0 aliphatic carbocycles. The summed E-state index contributed by atoms with van der Waals surface area (Å²) in [6.45, 7) is 3.48. The smallest absolute Gasteiger partial charge is 0.323 e. The summed E-state index contributed by atoms with van der Waals surface area (Å²) in [4.78, 5) is 26.4. The molecular weight excluding hydrogens is 266 g/mol. The number of hydrogen-bond acceptors (Lipinski definition) is 3. The van der Waals surface area contributed by atoms with Crippen molar-refractivity contribution in [1.29, 1.82) is 0 Å². The number of urea groups is 1. The molecule has 5 heteroatoms. The van der Waals surface area contributed by atoms with Crippen LogP contribution in [-0.4, -0.2) is 41.5 Å².